The molecule has 4 rings (SSSR count). The molecule has 0 aromatic heterocycles. The summed E-state index contributed by atoms with van der Waals surface area (Å²) < 4.78 is 0. The van der Waals surface area contributed by atoms with Crippen LogP contribution in [0.2, 0.25) is 0 Å². The zero-order chi connectivity index (χ0) is 13.7. The van der Waals surface area contributed by atoms with Crippen LogP contribution in [0.25, 0.3) is 0 Å². The van der Waals surface area contributed by atoms with Gasteiger partial charge in [0.2, 0.25) is 5.91 Å². The molecule has 4 bridgehead atoms. The molecule has 19 heavy (non-hydrogen) atoms. The first kappa shape index (κ1) is 13.4. The monoisotopic (exact) mass is 264 g/mol. The highest BCUT2D eigenvalue weighted by molar-refractivity contribution is 5.76. The topological polar surface area (TPSA) is 55.1 Å². The molecule has 4 aliphatic rings. The van der Waals surface area contributed by atoms with E-state index in [-0.39, 0.29) is 11.4 Å². The first-order valence-corrected chi connectivity index (χ1v) is 8.02. The van der Waals surface area contributed by atoms with Crippen LogP contribution in [0, 0.1) is 23.2 Å². The Balaban J connectivity index is 1.86. The van der Waals surface area contributed by atoms with E-state index in [0.29, 0.717) is 17.8 Å². The lowest BCUT2D eigenvalue weighted by Gasteiger charge is -2.64. The van der Waals surface area contributed by atoms with Crippen LogP contribution in [0.1, 0.15) is 58.8 Å². The van der Waals surface area contributed by atoms with Crippen LogP contribution in [0.3, 0.4) is 0 Å². The number of amides is 1. The maximum Gasteiger partial charge on any atom is 0.220 e. The second-order valence-corrected chi connectivity index (χ2v) is 7.64. The molecule has 0 aromatic rings. The van der Waals surface area contributed by atoms with Crippen molar-refractivity contribution in [2.75, 3.05) is 6.54 Å². The van der Waals surface area contributed by atoms with Gasteiger partial charge >= 0.3 is 0 Å². The van der Waals surface area contributed by atoms with E-state index in [1.807, 2.05) is 6.92 Å². The van der Waals surface area contributed by atoms with Gasteiger partial charge in [-0.05, 0) is 68.2 Å². The van der Waals surface area contributed by atoms with Gasteiger partial charge < -0.3 is 11.1 Å². The molecule has 3 N–H and O–H groups in total. The van der Waals surface area contributed by atoms with Crippen LogP contribution in [-0.4, -0.2) is 18.0 Å². The van der Waals surface area contributed by atoms with E-state index < -0.39 is 0 Å². The van der Waals surface area contributed by atoms with E-state index in [2.05, 4.69) is 12.2 Å². The van der Waals surface area contributed by atoms with Crippen LogP contribution in [0.4, 0.5) is 0 Å². The van der Waals surface area contributed by atoms with E-state index in [0.717, 1.165) is 18.4 Å². The molecule has 0 aromatic carbocycles. The SMILES string of the molecule is CCC(=O)NC12CC3CC(C1)CC(C(C)CN)(C3)C2. The lowest BCUT2D eigenvalue weighted by molar-refractivity contribution is -0.135. The Labute approximate surface area is 116 Å². The van der Waals surface area contributed by atoms with Crippen LogP contribution in [0.15, 0.2) is 0 Å². The van der Waals surface area contributed by atoms with Crippen LogP contribution in [-0.2, 0) is 4.79 Å². The molecule has 3 unspecified atom stereocenters. The number of nitrogens with one attached hydrogen (secondary N) is 1. The maximum atomic E-state index is 11.9. The maximum absolute atomic E-state index is 11.9. The van der Waals surface area contributed by atoms with Gasteiger partial charge in [-0.25, -0.2) is 0 Å². The zero-order valence-electron chi connectivity index (χ0n) is 12.4. The van der Waals surface area contributed by atoms with Crippen molar-refractivity contribution in [2.45, 2.75) is 64.3 Å². The Morgan fingerprint density at radius 3 is 2.47 bits per heavy atom. The van der Waals surface area contributed by atoms with Gasteiger partial charge in [-0.1, -0.05) is 13.8 Å². The molecule has 0 spiro atoms. The normalized spacial score (nSPS) is 45.2. The van der Waals surface area contributed by atoms with Gasteiger partial charge in [0.05, 0.1) is 0 Å². The molecule has 4 aliphatic carbocycles. The molecule has 0 saturated heterocycles. The van der Waals surface area contributed by atoms with Crippen molar-refractivity contribution in [1.82, 2.24) is 5.32 Å². The molecular formula is C16H28N2O. The Kier molecular flexibility index (Phi) is 3.16. The predicted molar refractivity (Wildman–Crippen MR) is 76.5 cm³/mol. The highest BCUT2D eigenvalue weighted by Crippen LogP contribution is 2.63. The summed E-state index contributed by atoms with van der Waals surface area (Å²) in [5.74, 6) is 2.48. The van der Waals surface area contributed by atoms with Crippen molar-refractivity contribution >= 4 is 5.91 Å². The van der Waals surface area contributed by atoms with E-state index in [1.165, 1.54) is 38.5 Å². The summed E-state index contributed by atoms with van der Waals surface area (Å²) in [7, 11) is 0. The molecule has 0 radical (unpaired) electrons. The van der Waals surface area contributed by atoms with Gasteiger partial charge in [0.15, 0.2) is 0 Å². The number of nitrogens with two attached hydrogens (primary N) is 1. The Morgan fingerprint density at radius 2 is 1.95 bits per heavy atom. The molecule has 4 fully saturated rings. The fourth-order valence-electron chi connectivity index (χ4n) is 5.69. The minimum Gasteiger partial charge on any atom is -0.351 e. The van der Waals surface area contributed by atoms with Crippen LogP contribution < -0.4 is 11.1 Å². The van der Waals surface area contributed by atoms with Crippen molar-refractivity contribution in [2.24, 2.45) is 28.9 Å². The molecule has 0 heterocycles. The molecule has 108 valence electrons. The molecule has 0 aliphatic heterocycles. The molecule has 3 atom stereocenters. The summed E-state index contributed by atoms with van der Waals surface area (Å²) in [6, 6.07) is 0. The van der Waals surface area contributed by atoms with Crippen molar-refractivity contribution in [3.05, 3.63) is 0 Å². The largest absolute Gasteiger partial charge is 0.351 e. The molecule has 4 saturated carbocycles. The summed E-state index contributed by atoms with van der Waals surface area (Å²) in [6.45, 7) is 5.06. The van der Waals surface area contributed by atoms with Crippen molar-refractivity contribution in [3.63, 3.8) is 0 Å². The van der Waals surface area contributed by atoms with E-state index in [9.17, 15) is 4.79 Å². The standard InChI is InChI=1S/C16H28N2O/c1-3-14(19)18-16-7-12-4-13(8-16)6-15(5-12,10-16)11(2)9-17/h11-13H,3-10,17H2,1-2H3,(H,18,19). The van der Waals surface area contributed by atoms with Gasteiger partial charge in [0.25, 0.3) is 0 Å². The minimum atomic E-state index is 0.112. The third-order valence-electron chi connectivity index (χ3n) is 6.23. The first-order chi connectivity index (χ1) is 9.01. The average molecular weight is 264 g/mol. The Morgan fingerprint density at radius 1 is 1.32 bits per heavy atom. The fourth-order valence-corrected chi connectivity index (χ4v) is 5.69. The van der Waals surface area contributed by atoms with E-state index >= 15 is 0 Å². The molecule has 1 amide bonds. The zero-order valence-corrected chi connectivity index (χ0v) is 12.4. The average Bonchev–Trinajstić information content (AvgIpc) is 2.35. The third kappa shape index (κ3) is 2.10. The summed E-state index contributed by atoms with van der Waals surface area (Å²) in [5, 5.41) is 3.40. The second kappa shape index (κ2) is 4.47. The van der Waals surface area contributed by atoms with Gasteiger partial charge in [-0.15, -0.1) is 0 Å². The van der Waals surface area contributed by atoms with Crippen molar-refractivity contribution in [3.8, 4) is 0 Å². The number of carbonyl (C=O) groups is 1. The lowest BCUT2D eigenvalue weighted by atomic mass is 9.44. The minimum absolute atomic E-state index is 0.112. The predicted octanol–water partition coefficient (Wildman–Crippen LogP) is 2.45. The number of carbonyl (C=O) groups excluding carboxylic acids is 1. The fraction of sp³-hybridized carbons (Fsp3) is 0.938. The van der Waals surface area contributed by atoms with Gasteiger partial charge in [0, 0.05) is 12.0 Å². The first-order valence-electron chi connectivity index (χ1n) is 8.02. The second-order valence-electron chi connectivity index (χ2n) is 7.64. The van der Waals surface area contributed by atoms with E-state index in [4.69, 9.17) is 5.73 Å². The van der Waals surface area contributed by atoms with Gasteiger partial charge in [-0.3, -0.25) is 4.79 Å². The quantitative estimate of drug-likeness (QED) is 0.819. The van der Waals surface area contributed by atoms with Crippen molar-refractivity contribution < 1.29 is 4.79 Å². The Bertz CT molecular complexity index is 365. The van der Waals surface area contributed by atoms with E-state index in [1.54, 1.807) is 0 Å². The summed E-state index contributed by atoms with van der Waals surface area (Å²) in [6.07, 6.45) is 8.32. The summed E-state index contributed by atoms with van der Waals surface area (Å²) >= 11 is 0. The third-order valence-corrected chi connectivity index (χ3v) is 6.23. The molecule has 3 heteroatoms. The van der Waals surface area contributed by atoms with Gasteiger partial charge in [-0.2, -0.15) is 0 Å². The van der Waals surface area contributed by atoms with Crippen molar-refractivity contribution in [1.29, 1.82) is 0 Å². The Hall–Kier alpha value is -0.570. The van der Waals surface area contributed by atoms with Crippen LogP contribution in [0.5, 0.6) is 0 Å². The molecule has 3 nitrogen and oxygen atoms in total. The summed E-state index contributed by atoms with van der Waals surface area (Å²) in [5.41, 5.74) is 6.50. The smallest absolute Gasteiger partial charge is 0.220 e. The van der Waals surface area contributed by atoms with Crippen LogP contribution >= 0.6 is 0 Å². The lowest BCUT2D eigenvalue weighted by Crippen LogP contribution is -2.64. The van der Waals surface area contributed by atoms with Gasteiger partial charge in [0.1, 0.15) is 0 Å². The number of hydrogen-bond donors (Lipinski definition) is 2. The molecular weight excluding hydrogens is 236 g/mol. The highest BCUT2D eigenvalue weighted by atomic mass is 16.1. The number of rotatable bonds is 4. The highest BCUT2D eigenvalue weighted by Gasteiger charge is 2.59. The number of hydrogen-bond acceptors (Lipinski definition) is 2. The summed E-state index contributed by atoms with van der Waals surface area (Å²) in [4.78, 5) is 11.9.